The average Bonchev–Trinajstić information content (AvgIpc) is 2.87. The molecule has 1 aromatic heterocycles. The number of rotatable bonds is 1. The first-order valence-corrected chi connectivity index (χ1v) is 9.34. The van der Waals surface area contributed by atoms with Crippen molar-refractivity contribution in [3.8, 4) is 5.75 Å². The standard InChI is InChI=1S/C17H17BrN2O2S/c1-8-2-4-10-13(6-8)23-17-14(10)16(22)19-15(20-17)11-7-9(18)3-5-12(11)21/h3,5,7-8,15,20-21H,2,4,6H2,1H3,(H,19,22)/t8-,15+/m1/s1. The van der Waals surface area contributed by atoms with Gasteiger partial charge in [-0.05, 0) is 48.9 Å². The second kappa shape index (κ2) is 5.53. The lowest BCUT2D eigenvalue weighted by atomic mass is 9.88. The van der Waals surface area contributed by atoms with Crippen LogP contribution in [0.4, 0.5) is 5.00 Å². The Labute approximate surface area is 147 Å². The van der Waals surface area contributed by atoms with Crippen molar-refractivity contribution in [1.29, 1.82) is 0 Å². The number of nitrogens with one attached hydrogen (secondary N) is 2. The molecule has 2 atom stereocenters. The summed E-state index contributed by atoms with van der Waals surface area (Å²) in [5.74, 6) is 0.801. The summed E-state index contributed by atoms with van der Waals surface area (Å²) in [6.07, 6.45) is 2.75. The van der Waals surface area contributed by atoms with E-state index >= 15 is 0 Å². The average molecular weight is 393 g/mol. The topological polar surface area (TPSA) is 61.4 Å². The summed E-state index contributed by atoms with van der Waals surface area (Å²) in [5, 5.41) is 17.4. The number of thiophene rings is 1. The molecule has 0 saturated heterocycles. The molecule has 0 saturated carbocycles. The summed E-state index contributed by atoms with van der Waals surface area (Å²) in [7, 11) is 0. The van der Waals surface area contributed by atoms with Crippen LogP contribution in [0.15, 0.2) is 22.7 Å². The number of halogens is 1. The van der Waals surface area contributed by atoms with Crippen LogP contribution in [0.5, 0.6) is 5.75 Å². The van der Waals surface area contributed by atoms with Crippen molar-refractivity contribution in [1.82, 2.24) is 5.32 Å². The Hall–Kier alpha value is -1.53. The predicted molar refractivity (Wildman–Crippen MR) is 95.1 cm³/mol. The fraction of sp³-hybridized carbons (Fsp3) is 0.353. The van der Waals surface area contributed by atoms with E-state index in [9.17, 15) is 9.90 Å². The van der Waals surface area contributed by atoms with E-state index < -0.39 is 6.17 Å². The van der Waals surface area contributed by atoms with Gasteiger partial charge in [0.05, 0.1) is 5.56 Å². The summed E-state index contributed by atoms with van der Waals surface area (Å²) in [6.45, 7) is 2.26. The highest BCUT2D eigenvalue weighted by molar-refractivity contribution is 9.10. The Morgan fingerprint density at radius 2 is 2.17 bits per heavy atom. The number of anilines is 1. The van der Waals surface area contributed by atoms with Crippen LogP contribution in [0.2, 0.25) is 0 Å². The highest BCUT2D eigenvalue weighted by Crippen LogP contribution is 2.43. The molecule has 6 heteroatoms. The molecule has 2 aromatic rings. The van der Waals surface area contributed by atoms with E-state index in [-0.39, 0.29) is 11.7 Å². The molecule has 0 fully saturated rings. The van der Waals surface area contributed by atoms with Gasteiger partial charge in [0.2, 0.25) is 0 Å². The minimum Gasteiger partial charge on any atom is -0.508 e. The van der Waals surface area contributed by atoms with E-state index in [0.717, 1.165) is 34.3 Å². The van der Waals surface area contributed by atoms with E-state index in [2.05, 4.69) is 33.5 Å². The monoisotopic (exact) mass is 392 g/mol. The smallest absolute Gasteiger partial charge is 0.256 e. The van der Waals surface area contributed by atoms with E-state index in [0.29, 0.717) is 11.5 Å². The normalized spacial score (nSPS) is 22.8. The fourth-order valence-corrected chi connectivity index (χ4v) is 5.19. The quantitative estimate of drug-likeness (QED) is 0.681. The molecule has 1 aliphatic carbocycles. The Morgan fingerprint density at radius 1 is 1.35 bits per heavy atom. The first-order chi connectivity index (χ1) is 11.0. The van der Waals surface area contributed by atoms with E-state index in [4.69, 9.17) is 0 Å². The summed E-state index contributed by atoms with van der Waals surface area (Å²) in [4.78, 5) is 14.0. The lowest BCUT2D eigenvalue weighted by Crippen LogP contribution is -2.38. The van der Waals surface area contributed by atoms with Crippen LogP contribution in [0.1, 0.15) is 45.9 Å². The summed E-state index contributed by atoms with van der Waals surface area (Å²) < 4.78 is 0.867. The Kier molecular flexibility index (Phi) is 3.61. The van der Waals surface area contributed by atoms with E-state index in [1.165, 1.54) is 10.4 Å². The number of amides is 1. The zero-order valence-corrected chi connectivity index (χ0v) is 15.1. The SMILES string of the molecule is C[C@@H]1CCc2c(sc3c2C(=O)N[C@H](c2cc(Br)ccc2O)N3)C1. The lowest BCUT2D eigenvalue weighted by molar-refractivity contribution is 0.0935. The largest absolute Gasteiger partial charge is 0.508 e. The predicted octanol–water partition coefficient (Wildman–Crippen LogP) is 4.20. The second-order valence-corrected chi connectivity index (χ2v) is 8.33. The Morgan fingerprint density at radius 3 is 3.00 bits per heavy atom. The molecule has 4 nitrogen and oxygen atoms in total. The molecule has 2 aliphatic rings. The number of phenols is 1. The van der Waals surface area contributed by atoms with Crippen LogP contribution in [0.3, 0.4) is 0 Å². The molecule has 0 bridgehead atoms. The number of hydrogen-bond acceptors (Lipinski definition) is 4. The van der Waals surface area contributed by atoms with Gasteiger partial charge < -0.3 is 15.7 Å². The fourth-order valence-electron chi connectivity index (χ4n) is 3.38. The van der Waals surface area contributed by atoms with Crippen LogP contribution >= 0.6 is 27.3 Å². The van der Waals surface area contributed by atoms with Gasteiger partial charge in [-0.3, -0.25) is 4.79 Å². The van der Waals surface area contributed by atoms with Crippen molar-refractivity contribution < 1.29 is 9.90 Å². The maximum Gasteiger partial charge on any atom is 0.256 e. The van der Waals surface area contributed by atoms with Crippen molar-refractivity contribution in [2.24, 2.45) is 5.92 Å². The highest BCUT2D eigenvalue weighted by Gasteiger charge is 2.33. The summed E-state index contributed by atoms with van der Waals surface area (Å²) in [5.41, 5.74) is 2.69. The minimum absolute atomic E-state index is 0.0461. The summed E-state index contributed by atoms with van der Waals surface area (Å²) >= 11 is 5.10. The number of aromatic hydroxyl groups is 1. The van der Waals surface area contributed by atoms with Crippen molar-refractivity contribution in [3.63, 3.8) is 0 Å². The maximum atomic E-state index is 12.6. The molecule has 1 aromatic carbocycles. The van der Waals surface area contributed by atoms with E-state index in [1.807, 2.05) is 6.07 Å². The van der Waals surface area contributed by atoms with Gasteiger partial charge in [0.25, 0.3) is 5.91 Å². The molecular formula is C17H17BrN2O2S. The molecule has 2 heterocycles. The van der Waals surface area contributed by atoms with Crippen LogP contribution in [0, 0.1) is 5.92 Å². The van der Waals surface area contributed by atoms with Crippen molar-refractivity contribution in [2.75, 3.05) is 5.32 Å². The number of phenolic OH excluding ortho intramolecular Hbond substituents is 1. The van der Waals surface area contributed by atoms with Crippen LogP contribution in [-0.4, -0.2) is 11.0 Å². The third kappa shape index (κ3) is 2.54. The van der Waals surface area contributed by atoms with Crippen molar-refractivity contribution in [3.05, 3.63) is 44.2 Å². The van der Waals surface area contributed by atoms with Gasteiger partial charge in [-0.1, -0.05) is 22.9 Å². The molecule has 4 rings (SSSR count). The molecule has 3 N–H and O–H groups in total. The number of benzene rings is 1. The van der Waals surface area contributed by atoms with Gasteiger partial charge in [0.1, 0.15) is 16.9 Å². The molecule has 1 amide bonds. The zero-order valence-electron chi connectivity index (χ0n) is 12.6. The van der Waals surface area contributed by atoms with E-state index in [1.54, 1.807) is 23.5 Å². The van der Waals surface area contributed by atoms with Gasteiger partial charge in [0, 0.05) is 14.9 Å². The van der Waals surface area contributed by atoms with Crippen molar-refractivity contribution in [2.45, 2.75) is 32.4 Å². The lowest BCUT2D eigenvalue weighted by Gasteiger charge is -2.27. The van der Waals surface area contributed by atoms with Gasteiger partial charge in [0.15, 0.2) is 0 Å². The van der Waals surface area contributed by atoms with Gasteiger partial charge in [-0.2, -0.15) is 0 Å². The minimum atomic E-state index is -0.412. The van der Waals surface area contributed by atoms with Gasteiger partial charge >= 0.3 is 0 Å². The van der Waals surface area contributed by atoms with Gasteiger partial charge in [-0.25, -0.2) is 0 Å². The molecule has 1 aliphatic heterocycles. The Balaban J connectivity index is 1.73. The van der Waals surface area contributed by atoms with Gasteiger partial charge in [-0.15, -0.1) is 11.3 Å². The Bertz CT molecular complexity index is 802. The molecule has 23 heavy (non-hydrogen) atoms. The molecule has 120 valence electrons. The molecular weight excluding hydrogens is 376 g/mol. The number of carbonyl (C=O) groups excluding carboxylic acids is 1. The molecule has 0 spiro atoms. The first kappa shape index (κ1) is 15.0. The molecule has 0 radical (unpaired) electrons. The third-order valence-corrected chi connectivity index (χ3v) is 6.27. The molecule has 0 unspecified atom stereocenters. The first-order valence-electron chi connectivity index (χ1n) is 7.73. The van der Waals surface area contributed by atoms with Crippen LogP contribution in [0.25, 0.3) is 0 Å². The third-order valence-electron chi connectivity index (χ3n) is 4.59. The van der Waals surface area contributed by atoms with Crippen LogP contribution < -0.4 is 10.6 Å². The number of fused-ring (bicyclic) bond motifs is 3. The van der Waals surface area contributed by atoms with Crippen LogP contribution in [-0.2, 0) is 12.8 Å². The highest BCUT2D eigenvalue weighted by atomic mass is 79.9. The summed E-state index contributed by atoms with van der Waals surface area (Å²) in [6, 6.07) is 5.23. The maximum absolute atomic E-state index is 12.6. The second-order valence-electron chi connectivity index (χ2n) is 6.31. The van der Waals surface area contributed by atoms with Crippen molar-refractivity contribution >= 4 is 38.2 Å². The number of hydrogen-bond donors (Lipinski definition) is 3. The zero-order chi connectivity index (χ0) is 16.1. The number of carbonyl (C=O) groups is 1.